The molecule has 3 aromatic rings. The first kappa shape index (κ1) is 25.9. The van der Waals surface area contributed by atoms with Crippen LogP contribution in [0.2, 0.25) is 10.0 Å². The van der Waals surface area contributed by atoms with Gasteiger partial charge in [-0.3, -0.25) is 19.7 Å². The quantitative estimate of drug-likeness (QED) is 0.332. The third kappa shape index (κ3) is 5.96. The fourth-order valence-electron chi connectivity index (χ4n) is 3.46. The van der Waals surface area contributed by atoms with Crippen LogP contribution in [0.25, 0.3) is 6.08 Å². The number of hydrogen-bond acceptors (Lipinski definition) is 5. The second-order valence-corrected chi connectivity index (χ2v) is 8.77. The molecule has 1 aliphatic heterocycles. The Kier molecular flexibility index (Phi) is 7.56. The summed E-state index contributed by atoms with van der Waals surface area (Å²) in [6, 6.07) is 13.5. The molecule has 1 saturated heterocycles. The van der Waals surface area contributed by atoms with E-state index in [4.69, 9.17) is 27.9 Å². The summed E-state index contributed by atoms with van der Waals surface area (Å²) in [6.07, 6.45) is 1.29. The van der Waals surface area contributed by atoms with Crippen molar-refractivity contribution in [3.63, 3.8) is 0 Å². The Bertz CT molecular complexity index is 1460. The molecule has 0 unspecified atom stereocenters. The second-order valence-electron chi connectivity index (χ2n) is 7.92. The number of aryl methyl sites for hydroxylation is 1. The Morgan fingerprint density at radius 2 is 1.78 bits per heavy atom. The first-order chi connectivity index (χ1) is 17.6. The molecule has 0 aliphatic carbocycles. The van der Waals surface area contributed by atoms with Gasteiger partial charge < -0.3 is 10.1 Å². The summed E-state index contributed by atoms with van der Waals surface area (Å²) in [6.45, 7) is 1.33. The van der Waals surface area contributed by atoms with Gasteiger partial charge in [0.05, 0.1) is 10.7 Å². The highest BCUT2D eigenvalue weighted by molar-refractivity contribution is 6.40. The third-order valence-corrected chi connectivity index (χ3v) is 5.80. The first-order valence-electron chi connectivity index (χ1n) is 10.8. The molecule has 1 aliphatic rings. The molecule has 0 aromatic heterocycles. The number of amides is 5. The first-order valence-corrected chi connectivity index (χ1v) is 11.5. The number of ether oxygens (including phenoxy) is 1. The van der Waals surface area contributed by atoms with Crippen LogP contribution < -0.4 is 20.3 Å². The molecule has 4 rings (SSSR count). The van der Waals surface area contributed by atoms with Crippen molar-refractivity contribution in [2.24, 2.45) is 0 Å². The number of imide groups is 2. The van der Waals surface area contributed by atoms with Crippen molar-refractivity contribution in [1.29, 1.82) is 0 Å². The predicted molar refractivity (Wildman–Crippen MR) is 137 cm³/mol. The summed E-state index contributed by atoms with van der Waals surface area (Å²) in [5.74, 6) is -2.42. The summed E-state index contributed by atoms with van der Waals surface area (Å²) < 4.78 is 18.4. The maximum atomic E-state index is 13.1. The summed E-state index contributed by atoms with van der Waals surface area (Å²) in [7, 11) is 0. The minimum Gasteiger partial charge on any atom is -0.482 e. The lowest BCUT2D eigenvalue weighted by Crippen LogP contribution is -2.54. The van der Waals surface area contributed by atoms with Gasteiger partial charge in [0.1, 0.15) is 17.1 Å². The lowest BCUT2D eigenvalue weighted by atomic mass is 10.1. The summed E-state index contributed by atoms with van der Waals surface area (Å²) in [5, 5.41) is 5.14. The van der Waals surface area contributed by atoms with Crippen molar-refractivity contribution in [2.75, 3.05) is 16.8 Å². The van der Waals surface area contributed by atoms with Crippen molar-refractivity contribution in [1.82, 2.24) is 5.32 Å². The zero-order valence-corrected chi connectivity index (χ0v) is 20.7. The van der Waals surface area contributed by atoms with Gasteiger partial charge in [-0.05, 0) is 72.7 Å². The lowest BCUT2D eigenvalue weighted by Gasteiger charge is -2.27. The molecule has 1 fully saturated rings. The smallest absolute Gasteiger partial charge is 0.335 e. The van der Waals surface area contributed by atoms with E-state index in [0.29, 0.717) is 21.8 Å². The van der Waals surface area contributed by atoms with Crippen LogP contribution in [-0.2, 0) is 14.4 Å². The Balaban J connectivity index is 1.49. The van der Waals surface area contributed by atoms with Crippen molar-refractivity contribution >= 4 is 64.4 Å². The SMILES string of the molecule is Cc1ccc(Cl)cc1N1C(=O)NC(=O)/C(=C\c2ccc(OCC(=O)Nc3ccc(F)cc3)c(Cl)c2)C1=O. The van der Waals surface area contributed by atoms with E-state index in [1.165, 1.54) is 54.6 Å². The van der Waals surface area contributed by atoms with E-state index in [2.05, 4.69) is 10.6 Å². The average molecular weight is 542 g/mol. The molecule has 0 radical (unpaired) electrons. The standard InChI is InChI=1S/C26H18Cl2FN3O5/c1-14-2-4-16(27)12-21(14)32-25(35)19(24(34)31-26(32)36)10-15-3-9-22(20(28)11-15)37-13-23(33)30-18-7-5-17(29)6-8-18/h2-12H,13H2,1H3,(H,30,33)(H,31,34,36)/b19-10+. The molecule has 2 N–H and O–H groups in total. The van der Waals surface area contributed by atoms with Crippen molar-refractivity contribution in [3.8, 4) is 5.75 Å². The van der Waals surface area contributed by atoms with E-state index in [1.807, 2.05) is 0 Å². The van der Waals surface area contributed by atoms with E-state index in [1.54, 1.807) is 19.1 Å². The summed E-state index contributed by atoms with van der Waals surface area (Å²) in [5.41, 5.74) is 1.34. The van der Waals surface area contributed by atoms with Crippen LogP contribution in [0.4, 0.5) is 20.6 Å². The van der Waals surface area contributed by atoms with Crippen LogP contribution in [0, 0.1) is 12.7 Å². The highest BCUT2D eigenvalue weighted by atomic mass is 35.5. The van der Waals surface area contributed by atoms with Gasteiger partial charge in [0.25, 0.3) is 17.7 Å². The van der Waals surface area contributed by atoms with Gasteiger partial charge >= 0.3 is 6.03 Å². The number of anilines is 2. The van der Waals surface area contributed by atoms with E-state index >= 15 is 0 Å². The van der Waals surface area contributed by atoms with Gasteiger partial charge in [0.2, 0.25) is 0 Å². The fraction of sp³-hybridized carbons (Fsp3) is 0.0769. The third-order valence-electron chi connectivity index (χ3n) is 5.27. The minimum atomic E-state index is -0.891. The predicted octanol–water partition coefficient (Wildman–Crippen LogP) is 5.12. The van der Waals surface area contributed by atoms with Crippen molar-refractivity contribution < 1.29 is 28.3 Å². The molecule has 1 heterocycles. The number of benzene rings is 3. The number of barbiturate groups is 1. The molecule has 3 aromatic carbocycles. The number of urea groups is 1. The van der Waals surface area contributed by atoms with Gasteiger partial charge in [-0.25, -0.2) is 14.1 Å². The van der Waals surface area contributed by atoms with Crippen LogP contribution >= 0.6 is 23.2 Å². The van der Waals surface area contributed by atoms with Crippen LogP contribution in [0.1, 0.15) is 11.1 Å². The molecule has 0 spiro atoms. The number of rotatable bonds is 6. The number of halogens is 3. The zero-order valence-electron chi connectivity index (χ0n) is 19.2. The number of carbonyl (C=O) groups excluding carboxylic acids is 4. The summed E-state index contributed by atoms with van der Waals surface area (Å²) >= 11 is 12.3. The largest absolute Gasteiger partial charge is 0.482 e. The molecule has 11 heteroatoms. The van der Waals surface area contributed by atoms with Crippen LogP contribution in [0.15, 0.2) is 66.2 Å². The number of hydrogen-bond donors (Lipinski definition) is 2. The van der Waals surface area contributed by atoms with Crippen molar-refractivity contribution in [3.05, 3.63) is 93.2 Å². The zero-order chi connectivity index (χ0) is 26.7. The normalized spacial score (nSPS) is 14.5. The Labute approximate surface area is 220 Å². The topological polar surface area (TPSA) is 105 Å². The maximum absolute atomic E-state index is 13.1. The van der Waals surface area contributed by atoms with Gasteiger partial charge in [-0.2, -0.15) is 0 Å². The molecule has 0 bridgehead atoms. The van der Waals surface area contributed by atoms with E-state index in [9.17, 15) is 23.6 Å². The molecule has 0 atom stereocenters. The second kappa shape index (κ2) is 10.8. The average Bonchev–Trinajstić information content (AvgIpc) is 2.84. The Morgan fingerprint density at radius 3 is 2.49 bits per heavy atom. The van der Waals surface area contributed by atoms with Gasteiger partial charge in [0, 0.05) is 10.7 Å². The van der Waals surface area contributed by atoms with Crippen molar-refractivity contribution in [2.45, 2.75) is 6.92 Å². The van der Waals surface area contributed by atoms with Crippen LogP contribution in [0.3, 0.4) is 0 Å². The highest BCUT2D eigenvalue weighted by Crippen LogP contribution is 2.30. The van der Waals surface area contributed by atoms with Crippen LogP contribution in [-0.4, -0.2) is 30.4 Å². The van der Waals surface area contributed by atoms with E-state index in [-0.39, 0.29) is 28.6 Å². The van der Waals surface area contributed by atoms with Gasteiger partial charge in [0.15, 0.2) is 6.61 Å². The lowest BCUT2D eigenvalue weighted by molar-refractivity contribution is -0.122. The van der Waals surface area contributed by atoms with Crippen LogP contribution in [0.5, 0.6) is 5.75 Å². The fourth-order valence-corrected chi connectivity index (χ4v) is 3.87. The highest BCUT2D eigenvalue weighted by Gasteiger charge is 2.37. The number of nitrogens with one attached hydrogen (secondary N) is 2. The number of nitrogens with zero attached hydrogens (tertiary/aromatic N) is 1. The van der Waals surface area contributed by atoms with E-state index in [0.717, 1.165) is 4.90 Å². The minimum absolute atomic E-state index is 0.117. The Morgan fingerprint density at radius 1 is 1.05 bits per heavy atom. The molecule has 5 amide bonds. The molecule has 0 saturated carbocycles. The Hall–Kier alpha value is -4.21. The molecular weight excluding hydrogens is 524 g/mol. The number of carbonyl (C=O) groups is 4. The summed E-state index contributed by atoms with van der Waals surface area (Å²) in [4.78, 5) is 51.0. The van der Waals surface area contributed by atoms with E-state index < -0.39 is 29.6 Å². The molecule has 37 heavy (non-hydrogen) atoms. The monoisotopic (exact) mass is 541 g/mol. The van der Waals surface area contributed by atoms with Gasteiger partial charge in [-0.1, -0.05) is 35.3 Å². The van der Waals surface area contributed by atoms with Gasteiger partial charge in [-0.15, -0.1) is 0 Å². The molecular formula is C26H18Cl2FN3O5. The maximum Gasteiger partial charge on any atom is 0.335 e. The molecule has 188 valence electrons. The molecule has 8 nitrogen and oxygen atoms in total.